The van der Waals surface area contributed by atoms with Crippen LogP contribution in [0.4, 0.5) is 0 Å². The van der Waals surface area contributed by atoms with Crippen molar-refractivity contribution in [3.63, 3.8) is 0 Å². The van der Waals surface area contributed by atoms with E-state index in [1.807, 2.05) is 6.92 Å². The minimum absolute atomic E-state index is 0.0787. The molecule has 140 valence electrons. The van der Waals surface area contributed by atoms with Crippen LogP contribution in [0, 0.1) is 5.92 Å². The van der Waals surface area contributed by atoms with Gasteiger partial charge in [-0.15, -0.1) is 0 Å². The van der Waals surface area contributed by atoms with Crippen molar-refractivity contribution in [2.24, 2.45) is 5.92 Å². The lowest BCUT2D eigenvalue weighted by molar-refractivity contribution is -0.124. The Balaban J connectivity index is 1.67. The highest BCUT2D eigenvalue weighted by atomic mass is 35.5. The summed E-state index contributed by atoms with van der Waals surface area (Å²) in [6, 6.07) is 12.9. The van der Waals surface area contributed by atoms with Crippen LogP contribution in [0.1, 0.15) is 46.0 Å². The Morgan fingerprint density at radius 3 is 2.33 bits per heavy atom. The quantitative estimate of drug-likeness (QED) is 0.583. The van der Waals surface area contributed by atoms with Gasteiger partial charge in [-0.25, -0.2) is 4.79 Å². The molecule has 1 atom stereocenters. The fraction of sp³-hybridized carbons (Fsp3) is 0.286. The molecule has 6 heteroatoms. The topological polar surface area (TPSA) is 72.5 Å². The van der Waals surface area contributed by atoms with E-state index in [1.54, 1.807) is 42.5 Å². The van der Waals surface area contributed by atoms with Gasteiger partial charge in [0, 0.05) is 22.2 Å². The molecule has 1 aliphatic carbocycles. The molecule has 0 spiro atoms. The monoisotopic (exact) mass is 385 g/mol. The number of hydrogen-bond donors (Lipinski definition) is 1. The molecule has 27 heavy (non-hydrogen) atoms. The first-order valence-electron chi connectivity index (χ1n) is 8.81. The zero-order valence-electron chi connectivity index (χ0n) is 14.9. The molecule has 1 amide bonds. The third kappa shape index (κ3) is 4.95. The molecule has 1 N–H and O–H groups in total. The van der Waals surface area contributed by atoms with Gasteiger partial charge in [0.05, 0.1) is 5.56 Å². The number of halogens is 1. The number of ketones is 1. The van der Waals surface area contributed by atoms with Crippen molar-refractivity contribution < 1.29 is 19.1 Å². The lowest BCUT2D eigenvalue weighted by Crippen LogP contribution is -2.37. The smallest absolute Gasteiger partial charge is 0.339 e. The van der Waals surface area contributed by atoms with Gasteiger partial charge in [0.2, 0.25) is 0 Å². The second kappa shape index (κ2) is 8.35. The van der Waals surface area contributed by atoms with Crippen molar-refractivity contribution in [3.8, 4) is 0 Å². The minimum Gasteiger partial charge on any atom is -0.452 e. The maximum Gasteiger partial charge on any atom is 0.339 e. The Hall–Kier alpha value is -2.66. The van der Waals surface area contributed by atoms with Crippen LogP contribution < -0.4 is 5.32 Å². The van der Waals surface area contributed by atoms with Crippen molar-refractivity contribution in [1.29, 1.82) is 0 Å². The summed E-state index contributed by atoms with van der Waals surface area (Å²) in [6.07, 6.45) is 2.23. The number of benzene rings is 2. The van der Waals surface area contributed by atoms with E-state index in [9.17, 15) is 14.4 Å². The average molecular weight is 386 g/mol. The number of ether oxygens (including phenoxy) is 1. The SMILES string of the molecule is C[C@@H](NC(=O)COC(=O)c1ccccc1C(=O)c1ccc(Cl)cc1)C1CC1. The predicted octanol–water partition coefficient (Wildman–Crippen LogP) is 3.64. The maximum absolute atomic E-state index is 12.7. The Kier molecular flexibility index (Phi) is 5.91. The van der Waals surface area contributed by atoms with Crippen molar-refractivity contribution in [1.82, 2.24) is 5.32 Å². The van der Waals surface area contributed by atoms with Gasteiger partial charge in [-0.3, -0.25) is 9.59 Å². The zero-order chi connectivity index (χ0) is 19.4. The van der Waals surface area contributed by atoms with Gasteiger partial charge >= 0.3 is 5.97 Å². The van der Waals surface area contributed by atoms with E-state index in [0.717, 1.165) is 12.8 Å². The van der Waals surface area contributed by atoms with Gasteiger partial charge in [0.1, 0.15) is 0 Å². The summed E-state index contributed by atoms with van der Waals surface area (Å²) < 4.78 is 5.11. The van der Waals surface area contributed by atoms with E-state index in [-0.39, 0.29) is 35.5 Å². The molecule has 0 unspecified atom stereocenters. The molecule has 2 aromatic rings. The van der Waals surface area contributed by atoms with Gasteiger partial charge in [0.15, 0.2) is 12.4 Å². The van der Waals surface area contributed by atoms with E-state index in [0.29, 0.717) is 16.5 Å². The molecular weight excluding hydrogens is 366 g/mol. The average Bonchev–Trinajstić information content (AvgIpc) is 3.51. The van der Waals surface area contributed by atoms with Gasteiger partial charge in [-0.05, 0) is 56.0 Å². The first-order chi connectivity index (χ1) is 13.0. The molecule has 0 heterocycles. The number of amides is 1. The molecule has 1 fully saturated rings. The Morgan fingerprint density at radius 2 is 1.70 bits per heavy atom. The number of hydrogen-bond acceptors (Lipinski definition) is 4. The summed E-state index contributed by atoms with van der Waals surface area (Å²) in [5.41, 5.74) is 0.757. The molecule has 0 aromatic heterocycles. The normalized spacial score (nSPS) is 14.3. The molecule has 0 radical (unpaired) electrons. The van der Waals surface area contributed by atoms with Crippen molar-refractivity contribution in [3.05, 3.63) is 70.2 Å². The molecule has 3 rings (SSSR count). The number of carbonyl (C=O) groups is 3. The molecule has 2 aromatic carbocycles. The highest BCUT2D eigenvalue weighted by Crippen LogP contribution is 2.32. The maximum atomic E-state index is 12.7. The second-order valence-electron chi connectivity index (χ2n) is 6.65. The first kappa shape index (κ1) is 19.1. The van der Waals surface area contributed by atoms with Crippen LogP contribution in [-0.4, -0.2) is 30.3 Å². The van der Waals surface area contributed by atoms with Crippen molar-refractivity contribution >= 4 is 29.3 Å². The summed E-state index contributed by atoms with van der Waals surface area (Å²) in [5.74, 6) is -0.847. The van der Waals surface area contributed by atoms with Crippen LogP contribution in [0.5, 0.6) is 0 Å². The summed E-state index contributed by atoms with van der Waals surface area (Å²) in [5, 5.41) is 3.34. The van der Waals surface area contributed by atoms with E-state index in [4.69, 9.17) is 16.3 Å². The molecule has 0 saturated heterocycles. The zero-order valence-corrected chi connectivity index (χ0v) is 15.7. The largest absolute Gasteiger partial charge is 0.452 e. The van der Waals surface area contributed by atoms with Crippen LogP contribution in [0.3, 0.4) is 0 Å². The summed E-state index contributed by atoms with van der Waals surface area (Å²) in [7, 11) is 0. The minimum atomic E-state index is -0.706. The van der Waals surface area contributed by atoms with Crippen LogP contribution in [0.2, 0.25) is 5.02 Å². The molecule has 0 aliphatic heterocycles. The van der Waals surface area contributed by atoms with Crippen molar-refractivity contribution in [2.75, 3.05) is 6.61 Å². The standard InChI is InChI=1S/C21H20ClNO4/c1-13(14-6-7-14)23-19(24)12-27-21(26)18-5-3-2-4-17(18)20(25)15-8-10-16(22)11-9-15/h2-5,8-11,13-14H,6-7,12H2,1H3,(H,23,24)/t13-/m1/s1. The number of nitrogens with one attached hydrogen (secondary N) is 1. The summed E-state index contributed by atoms with van der Waals surface area (Å²) in [4.78, 5) is 37.1. The second-order valence-corrected chi connectivity index (χ2v) is 7.09. The fourth-order valence-electron chi connectivity index (χ4n) is 2.83. The lowest BCUT2D eigenvalue weighted by Gasteiger charge is -2.13. The van der Waals surface area contributed by atoms with Gasteiger partial charge in [-0.2, -0.15) is 0 Å². The number of rotatable bonds is 7. The van der Waals surface area contributed by atoms with Crippen LogP contribution in [0.25, 0.3) is 0 Å². The Bertz CT molecular complexity index is 859. The fourth-order valence-corrected chi connectivity index (χ4v) is 2.96. The van der Waals surface area contributed by atoms with Crippen LogP contribution in [0.15, 0.2) is 48.5 Å². The predicted molar refractivity (Wildman–Crippen MR) is 102 cm³/mol. The molecular formula is C21H20ClNO4. The Morgan fingerprint density at radius 1 is 1.07 bits per heavy atom. The number of carbonyl (C=O) groups excluding carboxylic acids is 3. The number of esters is 1. The Labute approximate surface area is 162 Å². The highest BCUT2D eigenvalue weighted by molar-refractivity contribution is 6.30. The lowest BCUT2D eigenvalue weighted by atomic mass is 9.98. The van der Waals surface area contributed by atoms with E-state index in [2.05, 4.69) is 5.32 Å². The van der Waals surface area contributed by atoms with E-state index >= 15 is 0 Å². The summed E-state index contributed by atoms with van der Waals surface area (Å²) >= 11 is 5.85. The molecule has 1 saturated carbocycles. The molecule has 5 nitrogen and oxygen atoms in total. The van der Waals surface area contributed by atoms with E-state index in [1.165, 1.54) is 6.07 Å². The van der Waals surface area contributed by atoms with Crippen molar-refractivity contribution in [2.45, 2.75) is 25.8 Å². The van der Waals surface area contributed by atoms with Gasteiger partial charge in [0.25, 0.3) is 5.91 Å². The first-order valence-corrected chi connectivity index (χ1v) is 9.19. The van der Waals surface area contributed by atoms with E-state index < -0.39 is 5.97 Å². The summed E-state index contributed by atoms with van der Waals surface area (Å²) in [6.45, 7) is 1.57. The third-order valence-corrected chi connectivity index (χ3v) is 4.80. The molecule has 1 aliphatic rings. The van der Waals surface area contributed by atoms with Gasteiger partial charge in [-0.1, -0.05) is 29.8 Å². The van der Waals surface area contributed by atoms with Crippen LogP contribution in [-0.2, 0) is 9.53 Å². The van der Waals surface area contributed by atoms with Gasteiger partial charge < -0.3 is 10.1 Å². The highest BCUT2D eigenvalue weighted by Gasteiger charge is 2.29. The third-order valence-electron chi connectivity index (χ3n) is 4.55. The molecule has 0 bridgehead atoms. The van der Waals surface area contributed by atoms with Crippen LogP contribution >= 0.6 is 11.6 Å².